The molecule has 0 aliphatic carbocycles. The molecule has 0 bridgehead atoms. The van der Waals surface area contributed by atoms with Crippen molar-refractivity contribution in [2.45, 2.75) is 25.8 Å². The van der Waals surface area contributed by atoms with Gasteiger partial charge in [-0.3, -0.25) is 4.79 Å². The summed E-state index contributed by atoms with van der Waals surface area (Å²) < 4.78 is 34.6. The molecule has 0 amide bonds. The molecule has 2 aromatic heterocycles. The molecule has 36 heavy (non-hydrogen) atoms. The van der Waals surface area contributed by atoms with E-state index >= 15 is 0 Å². The zero-order valence-electron chi connectivity index (χ0n) is 20.9. The van der Waals surface area contributed by atoms with Gasteiger partial charge in [0.05, 0.1) is 23.9 Å². The largest absolute Gasteiger partial charge is 0.480 e. The first kappa shape index (κ1) is 25.9. The Balaban J connectivity index is 1.72. The molecule has 1 atom stereocenters. The summed E-state index contributed by atoms with van der Waals surface area (Å²) in [6.07, 6.45) is 1.55. The second kappa shape index (κ2) is 10.1. The first-order valence-electron chi connectivity index (χ1n) is 11.6. The van der Waals surface area contributed by atoms with Crippen LogP contribution in [0.4, 0.5) is 31.9 Å². The molecule has 4 rings (SSSR count). The summed E-state index contributed by atoms with van der Waals surface area (Å²) in [4.78, 5) is 26.0. The van der Waals surface area contributed by atoms with Gasteiger partial charge in [-0.25, -0.2) is 13.8 Å². The highest BCUT2D eigenvalue weighted by molar-refractivity contribution is 6.32. The second-order valence-electron chi connectivity index (χ2n) is 9.19. The highest BCUT2D eigenvalue weighted by Gasteiger charge is 2.35. The van der Waals surface area contributed by atoms with Gasteiger partial charge in [0, 0.05) is 37.3 Å². The van der Waals surface area contributed by atoms with Crippen molar-refractivity contribution >= 4 is 45.6 Å². The van der Waals surface area contributed by atoms with Gasteiger partial charge < -0.3 is 29.7 Å². The van der Waals surface area contributed by atoms with E-state index in [4.69, 9.17) is 16.3 Å². The van der Waals surface area contributed by atoms with Crippen molar-refractivity contribution < 1.29 is 13.5 Å². The Bertz CT molecular complexity index is 1330. The van der Waals surface area contributed by atoms with E-state index in [1.54, 1.807) is 31.4 Å². The first-order chi connectivity index (χ1) is 17.0. The summed E-state index contributed by atoms with van der Waals surface area (Å²) in [5.74, 6) is -2.29. The van der Waals surface area contributed by atoms with Crippen molar-refractivity contribution in [3.05, 3.63) is 39.8 Å². The quantitative estimate of drug-likeness (QED) is 0.483. The van der Waals surface area contributed by atoms with Gasteiger partial charge in [0.15, 0.2) is 12.4 Å². The summed E-state index contributed by atoms with van der Waals surface area (Å²) in [5, 5.41) is 6.80. The number of nitrogens with zero attached hydrogens (tertiary/aromatic N) is 5. The minimum atomic E-state index is -3.11. The smallest absolute Gasteiger partial charge is 0.298 e. The standard InChI is InChI=1S/C24H30ClF2N7O2/c1-6-34(14(2)11-32(3)4)23-28-10-17(25)21(31-23)30-15-7-8-18-16(9-15)19-20(22(35)33(18)5)36-13-24(26,27)12-29-19/h7-10,14,29H,6,11-13H2,1-5H3,(H,28,30,31). The fourth-order valence-corrected chi connectivity index (χ4v) is 4.49. The summed E-state index contributed by atoms with van der Waals surface area (Å²) in [6, 6.07) is 5.42. The number of ether oxygens (including phenoxy) is 1. The number of anilines is 4. The molecule has 194 valence electrons. The van der Waals surface area contributed by atoms with Gasteiger partial charge in [0.1, 0.15) is 5.02 Å². The van der Waals surface area contributed by atoms with Crippen molar-refractivity contribution in [2.24, 2.45) is 7.05 Å². The number of hydrogen-bond acceptors (Lipinski definition) is 8. The monoisotopic (exact) mass is 521 g/mol. The van der Waals surface area contributed by atoms with Crippen LogP contribution in [0.3, 0.4) is 0 Å². The maximum Gasteiger partial charge on any atom is 0.298 e. The van der Waals surface area contributed by atoms with Gasteiger partial charge >= 0.3 is 0 Å². The van der Waals surface area contributed by atoms with Gasteiger partial charge in [-0.2, -0.15) is 4.98 Å². The van der Waals surface area contributed by atoms with Gasteiger partial charge in [-0.1, -0.05) is 11.6 Å². The summed E-state index contributed by atoms with van der Waals surface area (Å²) in [7, 11) is 5.60. The van der Waals surface area contributed by atoms with E-state index < -0.39 is 24.6 Å². The summed E-state index contributed by atoms with van der Waals surface area (Å²) in [6.45, 7) is 4.17. The number of aromatic nitrogens is 3. The molecule has 9 nitrogen and oxygen atoms in total. The van der Waals surface area contributed by atoms with Crippen LogP contribution < -0.4 is 25.8 Å². The molecular weight excluding hydrogens is 492 g/mol. The number of aryl methyl sites for hydroxylation is 1. The summed E-state index contributed by atoms with van der Waals surface area (Å²) in [5.41, 5.74) is 0.920. The number of alkyl halides is 2. The van der Waals surface area contributed by atoms with Gasteiger partial charge in [0.2, 0.25) is 11.7 Å². The van der Waals surface area contributed by atoms with Crippen LogP contribution in [0.15, 0.2) is 29.2 Å². The number of fused-ring (bicyclic) bond motifs is 3. The maximum atomic E-state index is 14.0. The van der Waals surface area contributed by atoms with Gasteiger partial charge in [0.25, 0.3) is 11.5 Å². The number of nitrogens with one attached hydrogen (secondary N) is 2. The van der Waals surface area contributed by atoms with Crippen LogP contribution in [-0.2, 0) is 7.05 Å². The zero-order valence-corrected chi connectivity index (χ0v) is 21.7. The Morgan fingerprint density at radius 3 is 2.81 bits per heavy atom. The van der Waals surface area contributed by atoms with Crippen molar-refractivity contribution in [2.75, 3.05) is 55.9 Å². The predicted octanol–water partition coefficient (Wildman–Crippen LogP) is 3.94. The third-order valence-corrected chi connectivity index (χ3v) is 6.33. The Morgan fingerprint density at radius 2 is 2.11 bits per heavy atom. The predicted molar refractivity (Wildman–Crippen MR) is 139 cm³/mol. The van der Waals surface area contributed by atoms with Crippen LogP contribution >= 0.6 is 11.6 Å². The molecule has 12 heteroatoms. The van der Waals surface area contributed by atoms with Gasteiger partial charge in [-0.15, -0.1) is 0 Å². The van der Waals surface area contributed by atoms with Crippen LogP contribution in [0.25, 0.3) is 10.9 Å². The molecule has 2 N–H and O–H groups in total. The molecule has 0 fully saturated rings. The first-order valence-corrected chi connectivity index (χ1v) is 12.0. The lowest BCUT2D eigenvalue weighted by Gasteiger charge is -2.30. The van der Waals surface area contributed by atoms with Crippen molar-refractivity contribution in [1.29, 1.82) is 0 Å². The van der Waals surface area contributed by atoms with Gasteiger partial charge in [-0.05, 0) is 46.1 Å². The number of halogens is 3. The highest BCUT2D eigenvalue weighted by Crippen LogP contribution is 2.36. The lowest BCUT2D eigenvalue weighted by Crippen LogP contribution is -2.41. The zero-order chi connectivity index (χ0) is 26.2. The lowest BCUT2D eigenvalue weighted by molar-refractivity contribution is -0.0251. The van der Waals surface area contributed by atoms with E-state index in [2.05, 4.69) is 37.3 Å². The SMILES string of the molecule is CCN(c1ncc(Cl)c(Nc2ccc3c(c2)c2c(c(=O)n3C)OCC(F)(F)CN2)n1)C(C)CN(C)C. The topological polar surface area (TPSA) is 87.5 Å². The van der Waals surface area contributed by atoms with Crippen molar-refractivity contribution in [3.8, 4) is 5.75 Å². The number of likely N-dealkylation sites (N-methyl/N-ethyl adjacent to an activating group) is 2. The molecule has 0 spiro atoms. The molecule has 0 radical (unpaired) electrons. The Morgan fingerprint density at radius 1 is 1.36 bits per heavy atom. The maximum absolute atomic E-state index is 14.0. The normalized spacial score (nSPS) is 15.6. The average molecular weight is 522 g/mol. The van der Waals surface area contributed by atoms with Crippen LogP contribution in [0, 0.1) is 0 Å². The molecule has 0 saturated carbocycles. The molecule has 1 aliphatic heterocycles. The van der Waals surface area contributed by atoms with E-state index in [0.29, 0.717) is 39.9 Å². The van der Waals surface area contributed by atoms with Crippen LogP contribution in [0.5, 0.6) is 5.75 Å². The van der Waals surface area contributed by atoms with Crippen LogP contribution in [0.1, 0.15) is 13.8 Å². The van der Waals surface area contributed by atoms with Crippen molar-refractivity contribution in [1.82, 2.24) is 19.4 Å². The number of rotatable bonds is 7. The number of benzene rings is 1. The van der Waals surface area contributed by atoms with Crippen molar-refractivity contribution in [3.63, 3.8) is 0 Å². The van der Waals surface area contributed by atoms with Crippen LogP contribution in [-0.4, -0.2) is 71.7 Å². The van der Waals surface area contributed by atoms with Crippen LogP contribution in [0.2, 0.25) is 5.02 Å². The molecule has 3 heterocycles. The average Bonchev–Trinajstić information content (AvgIpc) is 2.97. The third kappa shape index (κ3) is 5.17. The minimum absolute atomic E-state index is 0.129. The summed E-state index contributed by atoms with van der Waals surface area (Å²) >= 11 is 6.42. The molecule has 1 aromatic carbocycles. The van der Waals surface area contributed by atoms with E-state index in [1.807, 2.05) is 21.0 Å². The third-order valence-electron chi connectivity index (χ3n) is 6.06. The lowest BCUT2D eigenvalue weighted by atomic mass is 10.1. The molecule has 0 saturated heterocycles. The van der Waals surface area contributed by atoms with E-state index in [0.717, 1.165) is 6.54 Å². The molecule has 3 aromatic rings. The number of hydrogen-bond donors (Lipinski definition) is 2. The fourth-order valence-electron chi connectivity index (χ4n) is 4.35. The van der Waals surface area contributed by atoms with E-state index in [9.17, 15) is 13.6 Å². The minimum Gasteiger partial charge on any atom is -0.480 e. The Hall–Kier alpha value is -3.18. The Labute approximate surface area is 213 Å². The fraction of sp³-hybridized carbons (Fsp3) is 0.458. The molecule has 1 aliphatic rings. The molecular formula is C24H30ClF2N7O2. The molecule has 1 unspecified atom stereocenters. The Kier molecular flexibility index (Phi) is 7.24. The van der Waals surface area contributed by atoms with E-state index in [-0.39, 0.29) is 17.5 Å². The second-order valence-corrected chi connectivity index (χ2v) is 9.59. The highest BCUT2D eigenvalue weighted by atomic mass is 35.5. The number of pyridine rings is 1. The van der Waals surface area contributed by atoms with E-state index in [1.165, 1.54) is 4.57 Å².